The fourth-order valence-electron chi connectivity index (χ4n) is 4.51. The second-order valence-electron chi connectivity index (χ2n) is 8.81. The van der Waals surface area contributed by atoms with Gasteiger partial charge in [0.15, 0.2) is 5.96 Å². The minimum absolute atomic E-state index is 0.473. The summed E-state index contributed by atoms with van der Waals surface area (Å²) in [4.78, 5) is 9.46. The highest BCUT2D eigenvalue weighted by Gasteiger charge is 2.20. The molecule has 2 heterocycles. The molecule has 6 nitrogen and oxygen atoms in total. The molecule has 2 aromatic rings. The molecule has 2 saturated heterocycles. The molecule has 2 aliphatic heterocycles. The SMILES string of the molecule is CN=C(NCc1cccc(CN2CCOCC2)c1)NC1CCN(Cc2ccccc2)CC1. The lowest BCUT2D eigenvalue weighted by atomic mass is 10.0. The van der Waals surface area contributed by atoms with Gasteiger partial charge in [0.25, 0.3) is 0 Å². The zero-order valence-corrected chi connectivity index (χ0v) is 19.3. The highest BCUT2D eigenvalue weighted by molar-refractivity contribution is 5.79. The van der Waals surface area contributed by atoms with Crippen LogP contribution in [0.1, 0.15) is 29.5 Å². The summed E-state index contributed by atoms with van der Waals surface area (Å²) in [6, 6.07) is 20.1. The van der Waals surface area contributed by atoms with Crippen molar-refractivity contribution < 1.29 is 4.74 Å². The molecule has 2 aliphatic rings. The number of hydrogen-bond acceptors (Lipinski definition) is 4. The summed E-state index contributed by atoms with van der Waals surface area (Å²) in [5, 5.41) is 7.14. The molecule has 2 fully saturated rings. The molecule has 0 atom stereocenters. The molecule has 2 N–H and O–H groups in total. The van der Waals surface area contributed by atoms with Gasteiger partial charge >= 0.3 is 0 Å². The number of ether oxygens (including phenoxy) is 1. The van der Waals surface area contributed by atoms with E-state index in [1.54, 1.807) is 0 Å². The van der Waals surface area contributed by atoms with E-state index in [4.69, 9.17) is 4.74 Å². The van der Waals surface area contributed by atoms with E-state index < -0.39 is 0 Å². The van der Waals surface area contributed by atoms with Crippen molar-refractivity contribution in [1.29, 1.82) is 0 Å². The van der Waals surface area contributed by atoms with Crippen molar-refractivity contribution in [3.63, 3.8) is 0 Å². The van der Waals surface area contributed by atoms with Crippen LogP contribution >= 0.6 is 0 Å². The van der Waals surface area contributed by atoms with Crippen LogP contribution in [0.25, 0.3) is 0 Å². The minimum Gasteiger partial charge on any atom is -0.379 e. The predicted octanol–water partition coefficient (Wildman–Crippen LogP) is 2.85. The lowest BCUT2D eigenvalue weighted by molar-refractivity contribution is 0.0342. The number of nitrogens with one attached hydrogen (secondary N) is 2. The average molecular weight is 436 g/mol. The molecule has 2 aromatic carbocycles. The molecule has 0 radical (unpaired) electrons. The second-order valence-corrected chi connectivity index (χ2v) is 8.81. The third-order valence-electron chi connectivity index (χ3n) is 6.36. The van der Waals surface area contributed by atoms with Crippen molar-refractivity contribution in [2.45, 2.75) is 38.5 Å². The maximum Gasteiger partial charge on any atom is 0.191 e. The zero-order chi connectivity index (χ0) is 22.0. The Labute approximate surface area is 192 Å². The fraction of sp³-hybridized carbons (Fsp3) is 0.500. The van der Waals surface area contributed by atoms with Gasteiger partial charge in [0.05, 0.1) is 13.2 Å². The Morgan fingerprint density at radius 3 is 2.28 bits per heavy atom. The van der Waals surface area contributed by atoms with Crippen LogP contribution in [0.5, 0.6) is 0 Å². The molecule has 172 valence electrons. The molecular weight excluding hydrogens is 398 g/mol. The third-order valence-corrected chi connectivity index (χ3v) is 6.36. The maximum absolute atomic E-state index is 5.46. The van der Waals surface area contributed by atoms with Crippen LogP contribution in [0.2, 0.25) is 0 Å². The number of morpholine rings is 1. The Morgan fingerprint density at radius 2 is 1.53 bits per heavy atom. The van der Waals surface area contributed by atoms with Gasteiger partial charge in [-0.3, -0.25) is 14.8 Å². The molecule has 0 amide bonds. The first-order chi connectivity index (χ1) is 15.8. The first kappa shape index (κ1) is 22.8. The van der Waals surface area contributed by atoms with Crippen molar-refractivity contribution in [2.24, 2.45) is 4.99 Å². The molecule has 0 aromatic heterocycles. The summed E-state index contributed by atoms with van der Waals surface area (Å²) < 4.78 is 5.46. The van der Waals surface area contributed by atoms with Gasteiger partial charge in [-0.2, -0.15) is 0 Å². The third kappa shape index (κ3) is 7.05. The van der Waals surface area contributed by atoms with Gasteiger partial charge in [-0.1, -0.05) is 54.6 Å². The van der Waals surface area contributed by atoms with Crippen LogP contribution in [0.3, 0.4) is 0 Å². The molecule has 0 spiro atoms. The number of hydrogen-bond donors (Lipinski definition) is 2. The van der Waals surface area contributed by atoms with Gasteiger partial charge in [0.1, 0.15) is 0 Å². The van der Waals surface area contributed by atoms with Crippen LogP contribution in [-0.2, 0) is 24.4 Å². The molecule has 0 unspecified atom stereocenters. The molecule has 0 saturated carbocycles. The maximum atomic E-state index is 5.46. The molecular formula is C26H37N5O. The normalized spacial score (nSPS) is 19.1. The topological polar surface area (TPSA) is 52.1 Å². The van der Waals surface area contributed by atoms with Crippen LogP contribution in [0.4, 0.5) is 0 Å². The molecule has 6 heteroatoms. The number of guanidine groups is 1. The average Bonchev–Trinajstić information content (AvgIpc) is 2.84. The lowest BCUT2D eigenvalue weighted by Crippen LogP contribution is -2.48. The fourth-order valence-corrected chi connectivity index (χ4v) is 4.51. The number of rotatable bonds is 7. The number of piperidine rings is 1. The van der Waals surface area contributed by atoms with Crippen molar-refractivity contribution in [2.75, 3.05) is 46.4 Å². The van der Waals surface area contributed by atoms with Crippen molar-refractivity contribution >= 4 is 5.96 Å². The van der Waals surface area contributed by atoms with E-state index in [1.165, 1.54) is 16.7 Å². The Kier molecular flexibility index (Phi) is 8.54. The van der Waals surface area contributed by atoms with Gasteiger partial charge in [0, 0.05) is 58.9 Å². The van der Waals surface area contributed by atoms with E-state index in [0.717, 1.165) is 77.8 Å². The summed E-state index contributed by atoms with van der Waals surface area (Å²) in [5.41, 5.74) is 4.04. The van der Waals surface area contributed by atoms with E-state index in [9.17, 15) is 0 Å². The van der Waals surface area contributed by atoms with Crippen LogP contribution < -0.4 is 10.6 Å². The Morgan fingerprint density at radius 1 is 0.875 bits per heavy atom. The highest BCUT2D eigenvalue weighted by Crippen LogP contribution is 2.14. The number of nitrogens with zero attached hydrogens (tertiary/aromatic N) is 3. The van der Waals surface area contributed by atoms with Crippen molar-refractivity contribution in [3.05, 3.63) is 71.3 Å². The number of benzene rings is 2. The van der Waals surface area contributed by atoms with Gasteiger partial charge in [-0.25, -0.2) is 0 Å². The van der Waals surface area contributed by atoms with E-state index in [2.05, 4.69) is 80.0 Å². The van der Waals surface area contributed by atoms with Crippen LogP contribution in [-0.4, -0.2) is 68.2 Å². The van der Waals surface area contributed by atoms with E-state index in [1.807, 2.05) is 7.05 Å². The number of likely N-dealkylation sites (tertiary alicyclic amines) is 1. The zero-order valence-electron chi connectivity index (χ0n) is 19.3. The first-order valence-electron chi connectivity index (χ1n) is 11.9. The van der Waals surface area contributed by atoms with Crippen LogP contribution in [0, 0.1) is 0 Å². The smallest absolute Gasteiger partial charge is 0.191 e. The summed E-state index contributed by atoms with van der Waals surface area (Å²) in [7, 11) is 1.86. The van der Waals surface area contributed by atoms with Crippen LogP contribution in [0.15, 0.2) is 59.6 Å². The minimum atomic E-state index is 0.473. The van der Waals surface area contributed by atoms with Gasteiger partial charge in [-0.15, -0.1) is 0 Å². The first-order valence-corrected chi connectivity index (χ1v) is 11.9. The monoisotopic (exact) mass is 435 g/mol. The molecule has 4 rings (SSSR count). The van der Waals surface area contributed by atoms with E-state index >= 15 is 0 Å². The summed E-state index contributed by atoms with van der Waals surface area (Å²) in [6.45, 7) is 8.77. The summed E-state index contributed by atoms with van der Waals surface area (Å²) in [6.07, 6.45) is 2.28. The van der Waals surface area contributed by atoms with E-state index in [0.29, 0.717) is 6.04 Å². The molecule has 32 heavy (non-hydrogen) atoms. The Balaban J connectivity index is 1.20. The largest absolute Gasteiger partial charge is 0.379 e. The quantitative estimate of drug-likeness (QED) is 0.517. The Hall–Kier alpha value is -2.41. The Bertz CT molecular complexity index is 842. The lowest BCUT2D eigenvalue weighted by Gasteiger charge is -2.33. The highest BCUT2D eigenvalue weighted by atomic mass is 16.5. The second kappa shape index (κ2) is 12.0. The van der Waals surface area contributed by atoms with E-state index in [-0.39, 0.29) is 0 Å². The molecule has 0 bridgehead atoms. The van der Waals surface area contributed by atoms with Gasteiger partial charge in [0.2, 0.25) is 0 Å². The molecule has 0 aliphatic carbocycles. The number of aliphatic imine (C=N–C) groups is 1. The standard InChI is InChI=1S/C26H37N5O/c1-27-26(29-25-10-12-30(13-11-25)20-22-6-3-2-4-7-22)28-19-23-8-5-9-24(18-23)21-31-14-16-32-17-15-31/h2-9,18,25H,10-17,19-21H2,1H3,(H2,27,28,29). The predicted molar refractivity (Wildman–Crippen MR) is 131 cm³/mol. The van der Waals surface area contributed by atoms with Gasteiger partial charge < -0.3 is 15.4 Å². The summed E-state index contributed by atoms with van der Waals surface area (Å²) in [5.74, 6) is 0.894. The van der Waals surface area contributed by atoms with Crippen molar-refractivity contribution in [1.82, 2.24) is 20.4 Å². The van der Waals surface area contributed by atoms with Gasteiger partial charge in [-0.05, 0) is 29.5 Å². The van der Waals surface area contributed by atoms with Crippen molar-refractivity contribution in [3.8, 4) is 0 Å². The summed E-state index contributed by atoms with van der Waals surface area (Å²) >= 11 is 0.